The highest BCUT2D eigenvalue weighted by molar-refractivity contribution is 7.92. The third-order valence-electron chi connectivity index (χ3n) is 2.52. The van der Waals surface area contributed by atoms with E-state index < -0.39 is 27.3 Å². The van der Waals surface area contributed by atoms with Crippen LogP contribution in [0.5, 0.6) is 5.75 Å². The van der Waals surface area contributed by atoms with E-state index in [1.807, 2.05) is 4.72 Å². The molecule has 1 N–H and O–H groups in total. The van der Waals surface area contributed by atoms with Crippen molar-refractivity contribution in [1.29, 1.82) is 0 Å². The largest absolute Gasteiger partial charge is 0.497 e. The fourth-order valence-corrected chi connectivity index (χ4v) is 2.64. The van der Waals surface area contributed by atoms with Crippen LogP contribution in [0.3, 0.4) is 0 Å². The second kappa shape index (κ2) is 5.46. The summed E-state index contributed by atoms with van der Waals surface area (Å²) < 4.78 is 57.5. The zero-order chi connectivity index (χ0) is 14.8. The second-order valence-corrected chi connectivity index (χ2v) is 5.59. The van der Waals surface area contributed by atoms with Crippen LogP contribution in [0.4, 0.5) is 14.5 Å². The minimum Gasteiger partial charge on any atom is -0.497 e. The van der Waals surface area contributed by atoms with Crippen molar-refractivity contribution in [3.05, 3.63) is 54.1 Å². The van der Waals surface area contributed by atoms with Crippen molar-refractivity contribution in [2.24, 2.45) is 0 Å². The monoisotopic (exact) mass is 299 g/mol. The highest BCUT2D eigenvalue weighted by Crippen LogP contribution is 2.22. The van der Waals surface area contributed by atoms with Crippen molar-refractivity contribution in [1.82, 2.24) is 0 Å². The molecule has 0 unspecified atom stereocenters. The Kier molecular flexibility index (Phi) is 3.89. The molecule has 0 saturated heterocycles. The Morgan fingerprint density at radius 3 is 2.55 bits per heavy atom. The Balaban J connectivity index is 2.38. The predicted molar refractivity (Wildman–Crippen MR) is 70.2 cm³/mol. The van der Waals surface area contributed by atoms with Crippen LogP contribution < -0.4 is 9.46 Å². The number of methoxy groups -OCH3 is 1. The predicted octanol–water partition coefficient (Wildman–Crippen LogP) is 2.77. The fourth-order valence-electron chi connectivity index (χ4n) is 1.55. The Morgan fingerprint density at radius 2 is 1.85 bits per heavy atom. The van der Waals surface area contributed by atoms with Crippen molar-refractivity contribution < 1.29 is 21.9 Å². The first kappa shape index (κ1) is 14.3. The van der Waals surface area contributed by atoms with Gasteiger partial charge in [-0.25, -0.2) is 17.2 Å². The summed E-state index contributed by atoms with van der Waals surface area (Å²) in [5.41, 5.74) is -0.451. The van der Waals surface area contributed by atoms with E-state index in [2.05, 4.69) is 0 Å². The Hall–Kier alpha value is -2.15. The van der Waals surface area contributed by atoms with Gasteiger partial charge in [0.05, 0.1) is 17.7 Å². The summed E-state index contributed by atoms with van der Waals surface area (Å²) in [6, 6.07) is 8.17. The van der Waals surface area contributed by atoms with Crippen LogP contribution in [-0.2, 0) is 10.0 Å². The van der Waals surface area contributed by atoms with Crippen molar-refractivity contribution in [3.63, 3.8) is 0 Å². The van der Waals surface area contributed by atoms with Crippen LogP contribution in [0.15, 0.2) is 47.4 Å². The van der Waals surface area contributed by atoms with Gasteiger partial charge in [-0.05, 0) is 24.3 Å². The number of hydrogen-bond acceptors (Lipinski definition) is 3. The van der Waals surface area contributed by atoms with E-state index in [1.165, 1.54) is 25.3 Å². The molecule has 106 valence electrons. The lowest BCUT2D eigenvalue weighted by Gasteiger charge is -2.10. The van der Waals surface area contributed by atoms with Gasteiger partial charge in [0.25, 0.3) is 10.0 Å². The number of nitrogens with one attached hydrogen (secondary N) is 1. The number of rotatable bonds is 4. The van der Waals surface area contributed by atoms with Gasteiger partial charge in [-0.2, -0.15) is 0 Å². The van der Waals surface area contributed by atoms with Gasteiger partial charge < -0.3 is 4.74 Å². The van der Waals surface area contributed by atoms with E-state index in [-0.39, 0.29) is 4.90 Å². The molecular formula is C13H11F2NO3S. The van der Waals surface area contributed by atoms with Gasteiger partial charge in [-0.1, -0.05) is 6.07 Å². The zero-order valence-electron chi connectivity index (χ0n) is 10.4. The average Bonchev–Trinajstić information content (AvgIpc) is 2.43. The van der Waals surface area contributed by atoms with Crippen LogP contribution in [0.1, 0.15) is 0 Å². The van der Waals surface area contributed by atoms with Crippen LogP contribution in [0.25, 0.3) is 0 Å². The van der Waals surface area contributed by atoms with E-state index in [1.54, 1.807) is 6.07 Å². The SMILES string of the molecule is COc1cccc(S(=O)(=O)Nc2cc(F)ccc2F)c1. The summed E-state index contributed by atoms with van der Waals surface area (Å²) in [4.78, 5) is -0.111. The summed E-state index contributed by atoms with van der Waals surface area (Å²) in [6.07, 6.45) is 0. The van der Waals surface area contributed by atoms with E-state index in [4.69, 9.17) is 4.74 Å². The molecule has 0 aliphatic heterocycles. The van der Waals surface area contributed by atoms with Crippen molar-refractivity contribution in [2.45, 2.75) is 4.90 Å². The van der Waals surface area contributed by atoms with E-state index >= 15 is 0 Å². The van der Waals surface area contributed by atoms with Crippen LogP contribution in [0.2, 0.25) is 0 Å². The Labute approximate surface area is 115 Å². The molecule has 2 rings (SSSR count). The Bertz CT molecular complexity index is 732. The third kappa shape index (κ3) is 3.05. The summed E-state index contributed by atoms with van der Waals surface area (Å²) in [7, 11) is -2.63. The standard InChI is InChI=1S/C13H11F2NO3S/c1-19-10-3-2-4-11(8-10)20(17,18)16-13-7-9(14)5-6-12(13)15/h2-8,16H,1H3. The van der Waals surface area contributed by atoms with Crippen LogP contribution in [0, 0.1) is 11.6 Å². The molecule has 0 aliphatic rings. The maximum absolute atomic E-state index is 13.4. The molecule has 0 radical (unpaired) electrons. The molecule has 0 spiro atoms. The topological polar surface area (TPSA) is 55.4 Å². The lowest BCUT2D eigenvalue weighted by molar-refractivity contribution is 0.413. The number of sulfonamides is 1. The molecule has 7 heteroatoms. The van der Waals surface area contributed by atoms with E-state index in [9.17, 15) is 17.2 Å². The van der Waals surface area contributed by atoms with Gasteiger partial charge in [0.15, 0.2) is 0 Å². The number of anilines is 1. The second-order valence-electron chi connectivity index (χ2n) is 3.91. The molecule has 4 nitrogen and oxygen atoms in total. The third-order valence-corrected chi connectivity index (χ3v) is 3.89. The lowest BCUT2D eigenvalue weighted by atomic mass is 10.3. The van der Waals surface area contributed by atoms with Crippen molar-refractivity contribution >= 4 is 15.7 Å². The zero-order valence-corrected chi connectivity index (χ0v) is 11.2. The first-order valence-electron chi connectivity index (χ1n) is 5.54. The molecule has 0 atom stereocenters. The molecule has 0 heterocycles. The molecule has 0 aromatic heterocycles. The summed E-state index contributed by atoms with van der Waals surface area (Å²) in [6.45, 7) is 0. The molecule has 2 aromatic carbocycles. The minimum absolute atomic E-state index is 0.111. The first-order valence-corrected chi connectivity index (χ1v) is 7.02. The van der Waals surface area contributed by atoms with Crippen LogP contribution in [-0.4, -0.2) is 15.5 Å². The Morgan fingerprint density at radius 1 is 1.10 bits per heavy atom. The number of hydrogen-bond donors (Lipinski definition) is 1. The van der Waals surface area contributed by atoms with E-state index in [0.29, 0.717) is 5.75 Å². The molecular weight excluding hydrogens is 288 g/mol. The highest BCUT2D eigenvalue weighted by Gasteiger charge is 2.17. The highest BCUT2D eigenvalue weighted by atomic mass is 32.2. The molecule has 2 aromatic rings. The van der Waals surface area contributed by atoms with Gasteiger partial charge in [0, 0.05) is 12.1 Å². The molecule has 0 saturated carbocycles. The molecule has 0 amide bonds. The smallest absolute Gasteiger partial charge is 0.262 e. The molecule has 20 heavy (non-hydrogen) atoms. The lowest BCUT2D eigenvalue weighted by Crippen LogP contribution is -2.14. The summed E-state index contributed by atoms with van der Waals surface area (Å²) in [5.74, 6) is -1.26. The van der Waals surface area contributed by atoms with Crippen LogP contribution >= 0.6 is 0 Å². The minimum atomic E-state index is -4.02. The fraction of sp³-hybridized carbons (Fsp3) is 0.0769. The van der Waals surface area contributed by atoms with Gasteiger partial charge >= 0.3 is 0 Å². The van der Waals surface area contributed by atoms with Gasteiger partial charge in [0.1, 0.15) is 17.4 Å². The van der Waals surface area contributed by atoms with E-state index in [0.717, 1.165) is 18.2 Å². The average molecular weight is 299 g/mol. The maximum atomic E-state index is 13.4. The number of ether oxygens (including phenoxy) is 1. The van der Waals surface area contributed by atoms with Crippen molar-refractivity contribution in [2.75, 3.05) is 11.8 Å². The molecule has 0 bridgehead atoms. The van der Waals surface area contributed by atoms with Gasteiger partial charge in [0.2, 0.25) is 0 Å². The quantitative estimate of drug-likeness (QED) is 0.944. The normalized spacial score (nSPS) is 11.2. The first-order chi connectivity index (χ1) is 9.42. The van der Waals surface area contributed by atoms with Gasteiger partial charge in [-0.15, -0.1) is 0 Å². The molecule has 0 fully saturated rings. The van der Waals surface area contributed by atoms with Gasteiger partial charge in [-0.3, -0.25) is 4.72 Å². The number of halogens is 2. The van der Waals surface area contributed by atoms with Crippen molar-refractivity contribution in [3.8, 4) is 5.75 Å². The number of benzene rings is 2. The summed E-state index contributed by atoms with van der Waals surface area (Å²) >= 11 is 0. The molecule has 0 aliphatic carbocycles. The maximum Gasteiger partial charge on any atom is 0.262 e. The summed E-state index contributed by atoms with van der Waals surface area (Å²) in [5, 5.41) is 0.